The fraction of sp³-hybridized carbons (Fsp3) is 0.500. The Morgan fingerprint density at radius 2 is 2.14 bits per heavy atom. The Hall–Kier alpha value is -0.250. The van der Waals surface area contributed by atoms with Crippen molar-refractivity contribution in [2.45, 2.75) is 17.2 Å². The van der Waals surface area contributed by atoms with Gasteiger partial charge >= 0.3 is 0 Å². The van der Waals surface area contributed by atoms with Crippen molar-refractivity contribution in [1.29, 1.82) is 0 Å². The highest BCUT2D eigenvalue weighted by Crippen LogP contribution is 2.18. The molecule has 0 fully saturated rings. The molecule has 1 heterocycles. The van der Waals surface area contributed by atoms with Crippen molar-refractivity contribution >= 4 is 11.8 Å². The van der Waals surface area contributed by atoms with E-state index in [9.17, 15) is 0 Å². The molecule has 1 N–H and O–H groups in total. The number of hydrogen-bond acceptors (Lipinski definition) is 2. The molecule has 0 bridgehead atoms. The van der Waals surface area contributed by atoms with E-state index in [0.717, 1.165) is 5.03 Å². The molecule has 80 valence electrons. The average molecular weight is 233 g/mol. The van der Waals surface area contributed by atoms with E-state index >= 15 is 0 Å². The van der Waals surface area contributed by atoms with Gasteiger partial charge in [-0.1, -0.05) is 17.8 Å². The Balaban J connectivity index is 0.00000169. The molecule has 1 atom stereocenters. The first-order chi connectivity index (χ1) is 6.18. The third-order valence-electron chi connectivity index (χ3n) is 1.66. The van der Waals surface area contributed by atoms with E-state index < -0.39 is 0 Å². The second-order valence-corrected chi connectivity index (χ2v) is 4.97. The van der Waals surface area contributed by atoms with Crippen LogP contribution in [-0.2, 0) is 0 Å². The Labute approximate surface area is 96.5 Å². The summed E-state index contributed by atoms with van der Waals surface area (Å²) in [5.41, 5.74) is 0. The van der Waals surface area contributed by atoms with Gasteiger partial charge in [-0.05, 0) is 19.1 Å². The molecule has 0 aromatic carbocycles. The van der Waals surface area contributed by atoms with Crippen LogP contribution in [0.4, 0.5) is 0 Å². The minimum Gasteiger partial charge on any atom is -1.00 e. The summed E-state index contributed by atoms with van der Waals surface area (Å²) in [6.07, 6.45) is 1.84. The smallest absolute Gasteiger partial charge is 0.0964 e. The van der Waals surface area contributed by atoms with Crippen LogP contribution in [0.3, 0.4) is 0 Å². The van der Waals surface area contributed by atoms with E-state index in [1.54, 1.807) is 0 Å². The van der Waals surface area contributed by atoms with Gasteiger partial charge in [0.1, 0.15) is 0 Å². The summed E-state index contributed by atoms with van der Waals surface area (Å²) in [6.45, 7) is 3.41. The summed E-state index contributed by atoms with van der Waals surface area (Å²) in [5.74, 6) is 0. The Morgan fingerprint density at radius 1 is 1.43 bits per heavy atom. The van der Waals surface area contributed by atoms with Gasteiger partial charge in [-0.15, -0.1) is 0 Å². The monoisotopic (exact) mass is 232 g/mol. The molecule has 1 unspecified atom stereocenters. The van der Waals surface area contributed by atoms with Gasteiger partial charge in [0.15, 0.2) is 0 Å². The number of halogens is 1. The highest BCUT2D eigenvalue weighted by Gasteiger charge is 2.07. The van der Waals surface area contributed by atoms with Gasteiger partial charge in [-0.2, -0.15) is 0 Å². The van der Waals surface area contributed by atoms with E-state index in [2.05, 4.69) is 32.1 Å². The van der Waals surface area contributed by atoms with Gasteiger partial charge in [-0.25, -0.2) is 4.98 Å². The molecular formula is C10H17ClN2S. The van der Waals surface area contributed by atoms with Crippen molar-refractivity contribution < 1.29 is 17.3 Å². The standard InChI is InChI=1S/C10H16N2S.ClH/c1-9(8-12(2)3)13-10-6-4-5-7-11-10;/h4-7,9H,8H2,1-3H3;1H. The number of hydrogen-bond donors (Lipinski definition) is 1. The van der Waals surface area contributed by atoms with Crippen molar-refractivity contribution in [3.8, 4) is 0 Å². The molecule has 0 radical (unpaired) electrons. The van der Waals surface area contributed by atoms with Crippen molar-refractivity contribution in [1.82, 2.24) is 4.98 Å². The van der Waals surface area contributed by atoms with E-state index in [1.807, 2.05) is 30.1 Å². The molecule has 2 nitrogen and oxygen atoms in total. The van der Waals surface area contributed by atoms with Crippen molar-refractivity contribution in [2.24, 2.45) is 0 Å². The molecule has 0 aliphatic carbocycles. The SMILES string of the molecule is CC(C[NH+](C)C)Sc1ccccn1.[Cl-]. The quantitative estimate of drug-likeness (QED) is 0.589. The summed E-state index contributed by atoms with van der Waals surface area (Å²) in [5, 5.41) is 1.75. The van der Waals surface area contributed by atoms with Crippen LogP contribution in [0.25, 0.3) is 0 Å². The maximum absolute atomic E-state index is 4.28. The lowest BCUT2D eigenvalue weighted by molar-refractivity contribution is -0.857. The zero-order valence-corrected chi connectivity index (χ0v) is 10.4. The van der Waals surface area contributed by atoms with Gasteiger partial charge in [0, 0.05) is 6.20 Å². The van der Waals surface area contributed by atoms with Crippen LogP contribution >= 0.6 is 11.8 Å². The first-order valence-electron chi connectivity index (χ1n) is 4.55. The summed E-state index contributed by atoms with van der Waals surface area (Å²) in [7, 11) is 4.35. The Kier molecular flexibility index (Phi) is 6.97. The molecule has 0 saturated carbocycles. The van der Waals surface area contributed by atoms with E-state index in [0.29, 0.717) is 5.25 Å². The molecule has 4 heteroatoms. The molecule has 0 saturated heterocycles. The molecule has 0 aliphatic heterocycles. The van der Waals surface area contributed by atoms with Crippen LogP contribution in [0.15, 0.2) is 29.4 Å². The molecule has 0 spiro atoms. The summed E-state index contributed by atoms with van der Waals surface area (Å²) in [4.78, 5) is 5.76. The second kappa shape index (κ2) is 7.10. The zero-order chi connectivity index (χ0) is 9.68. The highest BCUT2D eigenvalue weighted by molar-refractivity contribution is 7.99. The van der Waals surface area contributed by atoms with Gasteiger partial charge in [0.25, 0.3) is 0 Å². The number of nitrogens with one attached hydrogen (secondary N) is 1. The number of quaternary nitrogens is 1. The number of pyridine rings is 1. The Morgan fingerprint density at radius 3 is 2.64 bits per heavy atom. The van der Waals surface area contributed by atoms with Crippen molar-refractivity contribution in [3.05, 3.63) is 24.4 Å². The fourth-order valence-electron chi connectivity index (χ4n) is 1.24. The first kappa shape index (κ1) is 13.8. The van der Waals surface area contributed by atoms with Crippen LogP contribution in [0.2, 0.25) is 0 Å². The van der Waals surface area contributed by atoms with Gasteiger partial charge < -0.3 is 17.3 Å². The van der Waals surface area contributed by atoms with Gasteiger partial charge in [-0.3, -0.25) is 0 Å². The molecule has 1 aromatic heterocycles. The number of aromatic nitrogens is 1. The average Bonchev–Trinajstić information content (AvgIpc) is 2.04. The van der Waals surface area contributed by atoms with Crippen LogP contribution in [-0.4, -0.2) is 30.9 Å². The normalized spacial score (nSPS) is 12.3. The second-order valence-electron chi connectivity index (χ2n) is 3.51. The Bertz CT molecular complexity index is 241. The van der Waals surface area contributed by atoms with Crippen LogP contribution < -0.4 is 17.3 Å². The van der Waals surface area contributed by atoms with Crippen LogP contribution in [0.1, 0.15) is 6.92 Å². The molecule has 1 aromatic rings. The van der Waals surface area contributed by atoms with Crippen molar-refractivity contribution in [3.63, 3.8) is 0 Å². The summed E-state index contributed by atoms with van der Waals surface area (Å²) in [6, 6.07) is 6.04. The molecular weight excluding hydrogens is 216 g/mol. The van der Waals surface area contributed by atoms with E-state index in [4.69, 9.17) is 0 Å². The molecule has 1 rings (SSSR count). The molecule has 14 heavy (non-hydrogen) atoms. The number of nitrogens with zero attached hydrogens (tertiary/aromatic N) is 1. The lowest BCUT2D eigenvalue weighted by Gasteiger charge is -2.13. The van der Waals surface area contributed by atoms with E-state index in [-0.39, 0.29) is 12.4 Å². The predicted octanol–water partition coefficient (Wildman–Crippen LogP) is -2.29. The van der Waals surface area contributed by atoms with E-state index in [1.165, 1.54) is 11.4 Å². The molecule has 0 amide bonds. The zero-order valence-electron chi connectivity index (χ0n) is 8.83. The summed E-state index contributed by atoms with van der Waals surface area (Å²) < 4.78 is 0. The third kappa shape index (κ3) is 5.47. The number of thioether (sulfide) groups is 1. The highest BCUT2D eigenvalue weighted by atomic mass is 35.5. The van der Waals surface area contributed by atoms with Gasteiger partial charge in [0.05, 0.1) is 30.9 Å². The molecule has 0 aliphatic rings. The van der Waals surface area contributed by atoms with Crippen molar-refractivity contribution in [2.75, 3.05) is 20.6 Å². The maximum Gasteiger partial charge on any atom is 0.0964 e. The van der Waals surface area contributed by atoms with Crippen LogP contribution in [0.5, 0.6) is 0 Å². The maximum atomic E-state index is 4.28. The predicted molar refractivity (Wildman–Crippen MR) is 57.2 cm³/mol. The summed E-state index contributed by atoms with van der Waals surface area (Å²) >= 11 is 1.84. The first-order valence-corrected chi connectivity index (χ1v) is 5.43. The lowest BCUT2D eigenvalue weighted by Crippen LogP contribution is -3.06. The minimum absolute atomic E-state index is 0. The lowest BCUT2D eigenvalue weighted by atomic mass is 10.4. The largest absolute Gasteiger partial charge is 1.00 e. The minimum atomic E-state index is 0. The van der Waals surface area contributed by atoms with Gasteiger partial charge in [0.2, 0.25) is 0 Å². The topological polar surface area (TPSA) is 17.3 Å². The fourth-order valence-corrected chi connectivity index (χ4v) is 2.35. The van der Waals surface area contributed by atoms with Crippen LogP contribution in [0, 0.1) is 0 Å². The third-order valence-corrected chi connectivity index (χ3v) is 2.71. The number of rotatable bonds is 4.